The Morgan fingerprint density at radius 2 is 1.78 bits per heavy atom. The molecule has 3 rings (SSSR count). The molecule has 1 aromatic heterocycles. The van der Waals surface area contributed by atoms with Crippen LogP contribution in [0.1, 0.15) is 42.5 Å². The zero-order valence-corrected chi connectivity index (χ0v) is 23.9. The van der Waals surface area contributed by atoms with E-state index in [0.29, 0.717) is 11.6 Å². The maximum absolute atomic E-state index is 13.8. The molecule has 1 amide bonds. The van der Waals surface area contributed by atoms with Crippen molar-refractivity contribution < 1.29 is 39.4 Å². The first kappa shape index (κ1) is 32.2. The Hall–Kier alpha value is -3.33. The molecular weight excluding hydrogens is 583 g/mol. The Bertz CT molecular complexity index is 1600. The molecule has 2 aromatic carbocycles. The molecular formula is C27H30F3N3O6S2. The highest BCUT2D eigenvalue weighted by Crippen LogP contribution is 2.38. The van der Waals surface area contributed by atoms with E-state index in [1.807, 2.05) is 13.0 Å². The lowest BCUT2D eigenvalue weighted by molar-refractivity contribution is -0.140. The number of amides is 1. The van der Waals surface area contributed by atoms with Crippen molar-refractivity contribution in [1.29, 1.82) is 0 Å². The van der Waals surface area contributed by atoms with Gasteiger partial charge in [0.1, 0.15) is 0 Å². The summed E-state index contributed by atoms with van der Waals surface area (Å²) in [7, 11) is -9.01. The Labute approximate surface area is 237 Å². The van der Waals surface area contributed by atoms with Crippen molar-refractivity contribution in [1.82, 2.24) is 14.6 Å². The van der Waals surface area contributed by atoms with Gasteiger partial charge in [-0.3, -0.25) is 14.3 Å². The number of hydrogen-bond donors (Lipinski definition) is 2. The molecule has 41 heavy (non-hydrogen) atoms. The van der Waals surface area contributed by atoms with Gasteiger partial charge in [-0.05, 0) is 66.8 Å². The molecule has 2 N–H and O–H groups in total. The average molecular weight is 614 g/mol. The molecule has 0 aliphatic rings. The first-order valence-electron chi connectivity index (χ1n) is 12.5. The minimum Gasteiger partial charge on any atom is -0.355 e. The van der Waals surface area contributed by atoms with E-state index in [1.165, 1.54) is 6.07 Å². The third kappa shape index (κ3) is 8.58. The van der Waals surface area contributed by atoms with E-state index in [-0.39, 0.29) is 25.9 Å². The fourth-order valence-electron chi connectivity index (χ4n) is 4.31. The number of benzene rings is 2. The first-order chi connectivity index (χ1) is 19.1. The molecule has 0 aliphatic carbocycles. The fraction of sp³-hybridized carbons (Fsp3) is 0.333. The number of hydrogen-bond acceptors (Lipinski definition) is 6. The van der Waals surface area contributed by atoms with Gasteiger partial charge in [-0.1, -0.05) is 30.3 Å². The van der Waals surface area contributed by atoms with Gasteiger partial charge < -0.3 is 5.32 Å². The molecule has 0 saturated carbocycles. The second-order valence-corrected chi connectivity index (χ2v) is 12.8. The van der Waals surface area contributed by atoms with E-state index in [0.717, 1.165) is 33.1 Å². The van der Waals surface area contributed by atoms with Gasteiger partial charge >= 0.3 is 6.18 Å². The van der Waals surface area contributed by atoms with Gasteiger partial charge in [0.15, 0.2) is 0 Å². The van der Waals surface area contributed by atoms with E-state index >= 15 is 0 Å². The van der Waals surface area contributed by atoms with Crippen molar-refractivity contribution in [3.63, 3.8) is 0 Å². The average Bonchev–Trinajstić information content (AvgIpc) is 2.90. The summed E-state index contributed by atoms with van der Waals surface area (Å²) in [6, 6.07) is 11.8. The van der Waals surface area contributed by atoms with Gasteiger partial charge in [-0.15, -0.1) is 0 Å². The van der Waals surface area contributed by atoms with Crippen LogP contribution in [0.2, 0.25) is 0 Å². The van der Waals surface area contributed by atoms with Crippen LogP contribution in [0.4, 0.5) is 13.2 Å². The van der Waals surface area contributed by atoms with E-state index < -0.39 is 54.5 Å². The van der Waals surface area contributed by atoms with Crippen molar-refractivity contribution in [3.05, 3.63) is 83.7 Å². The molecule has 0 radical (unpaired) electrons. The van der Waals surface area contributed by atoms with Crippen LogP contribution < -0.4 is 5.32 Å². The highest BCUT2D eigenvalue weighted by Gasteiger charge is 2.40. The van der Waals surface area contributed by atoms with E-state index in [4.69, 9.17) is 4.55 Å². The summed E-state index contributed by atoms with van der Waals surface area (Å²) in [6.07, 6.45) is -1.94. The van der Waals surface area contributed by atoms with Crippen LogP contribution in [0.5, 0.6) is 0 Å². The first-order valence-corrected chi connectivity index (χ1v) is 15.6. The number of nitrogens with one attached hydrogen (secondary N) is 1. The van der Waals surface area contributed by atoms with E-state index in [1.54, 1.807) is 43.6 Å². The van der Waals surface area contributed by atoms with Crippen LogP contribution in [0.15, 0.2) is 71.9 Å². The van der Waals surface area contributed by atoms with Gasteiger partial charge in [-0.25, -0.2) is 8.42 Å². The standard InChI is InChI=1S/C27H30F3N3O6S2/c1-19-18-31-13-12-23(19)22-8-5-7-21(17-22)20(2)33(15-6-11-26(34)32-14-16-40(35,36)37)41(38,39)25-10-4-3-9-24(25)27(28,29)30/h3-5,7-10,12-13,17-18,20H,6,11,14-16H2,1-2H3,(H,32,34)(H,35,36,37)/t20-/m0/s1. The molecule has 0 fully saturated rings. The lowest BCUT2D eigenvalue weighted by Gasteiger charge is -2.30. The molecule has 0 bridgehead atoms. The maximum atomic E-state index is 13.8. The van der Waals surface area contributed by atoms with Gasteiger partial charge in [0.2, 0.25) is 15.9 Å². The van der Waals surface area contributed by atoms with Crippen LogP contribution in [-0.2, 0) is 31.1 Å². The van der Waals surface area contributed by atoms with E-state index in [9.17, 15) is 34.8 Å². The van der Waals surface area contributed by atoms with E-state index in [2.05, 4.69) is 10.3 Å². The Kier molecular flexibility index (Phi) is 10.3. The number of aryl methyl sites for hydroxylation is 1. The molecule has 1 atom stereocenters. The molecule has 222 valence electrons. The molecule has 0 saturated heterocycles. The summed E-state index contributed by atoms with van der Waals surface area (Å²) in [5.74, 6) is -1.30. The van der Waals surface area contributed by atoms with Crippen LogP contribution in [-0.4, -0.2) is 55.4 Å². The number of halogens is 3. The summed E-state index contributed by atoms with van der Waals surface area (Å²) in [4.78, 5) is 15.3. The normalized spacial score (nSPS) is 13.2. The molecule has 3 aromatic rings. The maximum Gasteiger partial charge on any atom is 0.417 e. The van der Waals surface area contributed by atoms with Gasteiger partial charge in [0, 0.05) is 37.9 Å². The summed E-state index contributed by atoms with van der Waals surface area (Å²) in [6.45, 7) is 2.76. The van der Waals surface area contributed by atoms with Crippen molar-refractivity contribution in [2.45, 2.75) is 43.8 Å². The van der Waals surface area contributed by atoms with Crippen molar-refractivity contribution in [3.8, 4) is 11.1 Å². The number of nitrogens with zero attached hydrogens (tertiary/aromatic N) is 2. The third-order valence-corrected chi connectivity index (χ3v) is 9.12. The largest absolute Gasteiger partial charge is 0.417 e. The highest BCUT2D eigenvalue weighted by atomic mass is 32.2. The second kappa shape index (κ2) is 13.1. The van der Waals surface area contributed by atoms with Crippen molar-refractivity contribution >= 4 is 26.0 Å². The smallest absolute Gasteiger partial charge is 0.355 e. The number of pyridine rings is 1. The summed E-state index contributed by atoms with van der Waals surface area (Å²) >= 11 is 0. The number of carbonyl (C=O) groups excluding carboxylic acids is 1. The fourth-order valence-corrected chi connectivity index (χ4v) is 6.54. The Morgan fingerprint density at radius 3 is 2.44 bits per heavy atom. The summed E-state index contributed by atoms with van der Waals surface area (Å²) in [5, 5.41) is 2.30. The van der Waals surface area contributed by atoms with Gasteiger partial charge in [0.25, 0.3) is 10.1 Å². The quantitative estimate of drug-likeness (QED) is 0.285. The molecule has 0 spiro atoms. The second-order valence-electron chi connectivity index (χ2n) is 9.34. The number of alkyl halides is 3. The topological polar surface area (TPSA) is 134 Å². The monoisotopic (exact) mass is 613 g/mol. The number of aromatic nitrogens is 1. The lowest BCUT2D eigenvalue weighted by atomic mass is 9.98. The predicted octanol–water partition coefficient (Wildman–Crippen LogP) is 4.61. The minimum atomic E-state index is -4.93. The number of carbonyl (C=O) groups is 1. The number of rotatable bonds is 12. The lowest BCUT2D eigenvalue weighted by Crippen LogP contribution is -2.36. The van der Waals surface area contributed by atoms with Crippen LogP contribution in [0.25, 0.3) is 11.1 Å². The minimum absolute atomic E-state index is 0.0708. The highest BCUT2D eigenvalue weighted by molar-refractivity contribution is 7.89. The van der Waals surface area contributed by atoms with Crippen LogP contribution in [0, 0.1) is 6.92 Å². The van der Waals surface area contributed by atoms with Crippen LogP contribution in [0.3, 0.4) is 0 Å². The zero-order chi connectivity index (χ0) is 30.4. The number of sulfonamides is 1. The predicted molar refractivity (Wildman–Crippen MR) is 147 cm³/mol. The molecule has 0 unspecified atom stereocenters. The SMILES string of the molecule is Cc1cnccc1-c1cccc([C@H](C)N(CCCC(=O)NCCS(=O)(=O)O)S(=O)(=O)c2ccccc2C(F)(F)F)c1. The Balaban J connectivity index is 1.95. The molecule has 9 nitrogen and oxygen atoms in total. The summed E-state index contributed by atoms with van der Waals surface area (Å²) in [5.41, 5.74) is 1.71. The van der Waals surface area contributed by atoms with Gasteiger partial charge in [-0.2, -0.15) is 25.9 Å². The van der Waals surface area contributed by atoms with Gasteiger partial charge in [0.05, 0.1) is 16.2 Å². The van der Waals surface area contributed by atoms with Crippen molar-refractivity contribution in [2.24, 2.45) is 0 Å². The zero-order valence-electron chi connectivity index (χ0n) is 22.3. The third-order valence-electron chi connectivity index (χ3n) is 6.38. The summed E-state index contributed by atoms with van der Waals surface area (Å²) < 4.78 is 100. The van der Waals surface area contributed by atoms with Crippen molar-refractivity contribution in [2.75, 3.05) is 18.8 Å². The van der Waals surface area contributed by atoms with Crippen LogP contribution >= 0.6 is 0 Å². The molecule has 1 heterocycles. The molecule has 0 aliphatic heterocycles. The molecule has 14 heteroatoms. The Morgan fingerprint density at radius 1 is 1.07 bits per heavy atom.